The van der Waals surface area contributed by atoms with Crippen LogP contribution in [0.4, 0.5) is 0 Å². The standard InChI is InChI=1S/C22H21NO3/c1-25-19-13-11-17(12-14-19)21(16-7-4-3-5-8-16)23-22(24)18-9-6-10-20(15-18)26-2/h3-15,21H,1-2H3,(H,23,24). The summed E-state index contributed by atoms with van der Waals surface area (Å²) in [4.78, 5) is 12.8. The number of nitrogens with one attached hydrogen (secondary N) is 1. The normalized spacial score (nSPS) is 11.5. The molecule has 1 atom stereocenters. The molecule has 0 aliphatic carbocycles. The molecule has 0 spiro atoms. The van der Waals surface area contributed by atoms with E-state index in [0.29, 0.717) is 11.3 Å². The molecule has 1 N–H and O–H groups in total. The van der Waals surface area contributed by atoms with Crippen LogP contribution in [-0.2, 0) is 0 Å². The molecule has 0 radical (unpaired) electrons. The number of carbonyl (C=O) groups is 1. The maximum Gasteiger partial charge on any atom is 0.252 e. The van der Waals surface area contributed by atoms with E-state index < -0.39 is 0 Å². The molecule has 0 saturated carbocycles. The first-order chi connectivity index (χ1) is 12.7. The van der Waals surface area contributed by atoms with Crippen LogP contribution in [0, 0.1) is 0 Å². The third-order valence-electron chi connectivity index (χ3n) is 4.19. The van der Waals surface area contributed by atoms with Gasteiger partial charge in [-0.15, -0.1) is 0 Å². The lowest BCUT2D eigenvalue weighted by Gasteiger charge is -2.20. The zero-order valence-corrected chi connectivity index (χ0v) is 14.8. The average Bonchev–Trinajstić information content (AvgIpc) is 2.72. The Labute approximate surface area is 153 Å². The fraction of sp³-hybridized carbons (Fsp3) is 0.136. The molecule has 4 heteroatoms. The van der Waals surface area contributed by atoms with Crippen molar-refractivity contribution in [3.8, 4) is 11.5 Å². The lowest BCUT2D eigenvalue weighted by Crippen LogP contribution is -2.29. The van der Waals surface area contributed by atoms with Crippen LogP contribution in [0.25, 0.3) is 0 Å². The molecule has 0 aliphatic rings. The van der Waals surface area contributed by atoms with Crippen molar-refractivity contribution in [2.45, 2.75) is 6.04 Å². The lowest BCUT2D eigenvalue weighted by atomic mass is 9.98. The van der Waals surface area contributed by atoms with Crippen molar-refractivity contribution >= 4 is 5.91 Å². The van der Waals surface area contributed by atoms with Crippen LogP contribution in [0.3, 0.4) is 0 Å². The fourth-order valence-corrected chi connectivity index (χ4v) is 2.78. The van der Waals surface area contributed by atoms with Crippen molar-refractivity contribution in [3.63, 3.8) is 0 Å². The van der Waals surface area contributed by atoms with Gasteiger partial charge in [0.25, 0.3) is 5.91 Å². The van der Waals surface area contributed by atoms with Gasteiger partial charge in [-0.2, -0.15) is 0 Å². The van der Waals surface area contributed by atoms with E-state index in [-0.39, 0.29) is 11.9 Å². The van der Waals surface area contributed by atoms with E-state index in [1.54, 1.807) is 32.4 Å². The zero-order chi connectivity index (χ0) is 18.4. The van der Waals surface area contributed by atoms with E-state index in [2.05, 4.69) is 5.32 Å². The van der Waals surface area contributed by atoms with Crippen LogP contribution in [0.15, 0.2) is 78.9 Å². The minimum atomic E-state index is -0.263. The van der Waals surface area contributed by atoms with Gasteiger partial charge in [-0.25, -0.2) is 0 Å². The predicted molar refractivity (Wildman–Crippen MR) is 102 cm³/mol. The van der Waals surface area contributed by atoms with E-state index in [0.717, 1.165) is 16.9 Å². The summed E-state index contributed by atoms with van der Waals surface area (Å²) in [6.45, 7) is 0. The fourth-order valence-electron chi connectivity index (χ4n) is 2.78. The van der Waals surface area contributed by atoms with Crippen LogP contribution in [0.2, 0.25) is 0 Å². The largest absolute Gasteiger partial charge is 0.497 e. The van der Waals surface area contributed by atoms with Crippen molar-refractivity contribution in [2.24, 2.45) is 0 Å². The smallest absolute Gasteiger partial charge is 0.252 e. The van der Waals surface area contributed by atoms with Gasteiger partial charge in [-0.1, -0.05) is 48.5 Å². The Morgan fingerprint density at radius 1 is 0.769 bits per heavy atom. The van der Waals surface area contributed by atoms with Crippen LogP contribution in [0.1, 0.15) is 27.5 Å². The predicted octanol–water partition coefficient (Wildman–Crippen LogP) is 4.22. The van der Waals surface area contributed by atoms with Gasteiger partial charge < -0.3 is 14.8 Å². The number of hydrogen-bond acceptors (Lipinski definition) is 3. The van der Waals surface area contributed by atoms with E-state index in [1.807, 2.05) is 60.7 Å². The van der Waals surface area contributed by atoms with Crippen LogP contribution in [-0.4, -0.2) is 20.1 Å². The molecular formula is C22H21NO3. The van der Waals surface area contributed by atoms with Crippen LogP contribution >= 0.6 is 0 Å². The Balaban J connectivity index is 1.91. The second-order valence-corrected chi connectivity index (χ2v) is 5.82. The molecule has 1 unspecified atom stereocenters. The molecule has 3 aromatic carbocycles. The highest BCUT2D eigenvalue weighted by atomic mass is 16.5. The minimum absolute atomic E-state index is 0.159. The average molecular weight is 347 g/mol. The summed E-state index contributed by atoms with van der Waals surface area (Å²) in [6, 6.07) is 24.4. The third-order valence-corrected chi connectivity index (χ3v) is 4.19. The Morgan fingerprint density at radius 2 is 1.42 bits per heavy atom. The molecule has 0 aromatic heterocycles. The van der Waals surface area contributed by atoms with E-state index in [1.165, 1.54) is 0 Å². The molecule has 0 aliphatic heterocycles. The van der Waals surface area contributed by atoms with Gasteiger partial charge in [0.15, 0.2) is 0 Å². The second-order valence-electron chi connectivity index (χ2n) is 5.82. The minimum Gasteiger partial charge on any atom is -0.497 e. The van der Waals surface area contributed by atoms with E-state index in [9.17, 15) is 4.79 Å². The maximum absolute atomic E-state index is 12.8. The number of hydrogen-bond donors (Lipinski definition) is 1. The summed E-state index contributed by atoms with van der Waals surface area (Å²) in [5, 5.41) is 3.12. The summed E-state index contributed by atoms with van der Waals surface area (Å²) in [5.41, 5.74) is 2.54. The Kier molecular flexibility index (Phi) is 5.54. The van der Waals surface area contributed by atoms with E-state index in [4.69, 9.17) is 9.47 Å². The number of rotatable bonds is 6. The quantitative estimate of drug-likeness (QED) is 0.726. The number of carbonyl (C=O) groups excluding carboxylic acids is 1. The molecule has 0 bridgehead atoms. The second kappa shape index (κ2) is 8.21. The molecular weight excluding hydrogens is 326 g/mol. The first-order valence-electron chi connectivity index (χ1n) is 8.35. The molecule has 0 fully saturated rings. The molecule has 3 aromatic rings. The van der Waals surface area contributed by atoms with Gasteiger partial charge in [-0.05, 0) is 41.5 Å². The first-order valence-corrected chi connectivity index (χ1v) is 8.35. The number of amides is 1. The number of methoxy groups -OCH3 is 2. The van der Waals surface area contributed by atoms with Gasteiger partial charge in [0.1, 0.15) is 11.5 Å². The van der Waals surface area contributed by atoms with Crippen molar-refractivity contribution in [3.05, 3.63) is 95.6 Å². The SMILES string of the molecule is COc1ccc(C(NC(=O)c2cccc(OC)c2)c2ccccc2)cc1. The molecule has 4 nitrogen and oxygen atoms in total. The van der Waals surface area contributed by atoms with Crippen LogP contribution < -0.4 is 14.8 Å². The van der Waals surface area contributed by atoms with E-state index >= 15 is 0 Å². The van der Waals surface area contributed by atoms with Gasteiger partial charge >= 0.3 is 0 Å². The summed E-state index contributed by atoms with van der Waals surface area (Å²) in [6.07, 6.45) is 0. The Bertz CT molecular complexity index is 860. The molecule has 3 rings (SSSR count). The maximum atomic E-state index is 12.8. The molecule has 1 amide bonds. The summed E-state index contributed by atoms with van der Waals surface area (Å²) in [7, 11) is 3.22. The van der Waals surface area contributed by atoms with Crippen LogP contribution in [0.5, 0.6) is 11.5 Å². The number of benzene rings is 3. The van der Waals surface area contributed by atoms with Crippen molar-refractivity contribution in [1.29, 1.82) is 0 Å². The summed E-state index contributed by atoms with van der Waals surface area (Å²) in [5.74, 6) is 1.27. The van der Waals surface area contributed by atoms with Gasteiger partial charge in [-0.3, -0.25) is 4.79 Å². The van der Waals surface area contributed by atoms with Gasteiger partial charge in [0, 0.05) is 5.56 Å². The molecule has 26 heavy (non-hydrogen) atoms. The molecule has 132 valence electrons. The summed E-state index contributed by atoms with van der Waals surface area (Å²) >= 11 is 0. The Morgan fingerprint density at radius 3 is 2.08 bits per heavy atom. The van der Waals surface area contributed by atoms with Crippen molar-refractivity contribution in [1.82, 2.24) is 5.32 Å². The number of ether oxygens (including phenoxy) is 2. The van der Waals surface area contributed by atoms with Gasteiger partial charge in [0.05, 0.1) is 20.3 Å². The molecule has 0 heterocycles. The first kappa shape index (κ1) is 17.5. The highest BCUT2D eigenvalue weighted by Gasteiger charge is 2.18. The van der Waals surface area contributed by atoms with Crippen molar-refractivity contribution in [2.75, 3.05) is 14.2 Å². The third kappa shape index (κ3) is 4.03. The highest BCUT2D eigenvalue weighted by Crippen LogP contribution is 2.25. The topological polar surface area (TPSA) is 47.6 Å². The highest BCUT2D eigenvalue weighted by molar-refractivity contribution is 5.95. The lowest BCUT2D eigenvalue weighted by molar-refractivity contribution is 0.0942. The monoisotopic (exact) mass is 347 g/mol. The van der Waals surface area contributed by atoms with Crippen molar-refractivity contribution < 1.29 is 14.3 Å². The zero-order valence-electron chi connectivity index (χ0n) is 14.8. The van der Waals surface area contributed by atoms with Gasteiger partial charge in [0.2, 0.25) is 0 Å². The summed E-state index contributed by atoms with van der Waals surface area (Å²) < 4.78 is 10.4. The Hall–Kier alpha value is -3.27. The molecule has 0 saturated heterocycles.